The molecule has 1 amide bonds. The molecule has 2 unspecified atom stereocenters. The molecule has 1 aromatic rings. The first-order chi connectivity index (χ1) is 12.9. The Kier molecular flexibility index (Phi) is 8.35. The van der Waals surface area contributed by atoms with Gasteiger partial charge in [0.2, 0.25) is 5.91 Å². The molecular formula is C20H34N4O2S. The molecule has 2 atom stereocenters. The summed E-state index contributed by atoms with van der Waals surface area (Å²) < 4.78 is 1.69. The van der Waals surface area contributed by atoms with E-state index in [-0.39, 0.29) is 23.4 Å². The minimum atomic E-state index is -0.181. The van der Waals surface area contributed by atoms with Gasteiger partial charge in [-0.25, -0.2) is 4.98 Å². The van der Waals surface area contributed by atoms with E-state index in [0.29, 0.717) is 18.7 Å². The van der Waals surface area contributed by atoms with Gasteiger partial charge in [0.05, 0.1) is 5.92 Å². The number of hydrogen-bond donors (Lipinski definition) is 1. The fourth-order valence-corrected chi connectivity index (χ4v) is 4.68. The van der Waals surface area contributed by atoms with E-state index >= 15 is 0 Å². The van der Waals surface area contributed by atoms with Gasteiger partial charge in [-0.1, -0.05) is 32.5 Å². The molecule has 2 heterocycles. The Morgan fingerprint density at radius 3 is 2.70 bits per heavy atom. The highest BCUT2D eigenvalue weighted by atomic mass is 32.2. The lowest BCUT2D eigenvalue weighted by atomic mass is 10.1. The Balaban J connectivity index is 1.93. The predicted octanol–water partition coefficient (Wildman–Crippen LogP) is 2.46. The van der Waals surface area contributed by atoms with Crippen LogP contribution in [0.25, 0.3) is 0 Å². The number of aryl methyl sites for hydroxylation is 1. The van der Waals surface area contributed by atoms with E-state index in [1.165, 1.54) is 11.8 Å². The SMILES string of the molecule is CCc1c(C)nc2n(c1=O)CC(C(=O)NC(C)CCCN(CC)CC)CS2. The summed E-state index contributed by atoms with van der Waals surface area (Å²) >= 11 is 1.51. The van der Waals surface area contributed by atoms with E-state index in [1.54, 1.807) is 4.57 Å². The number of rotatable bonds is 9. The van der Waals surface area contributed by atoms with E-state index in [0.717, 1.165) is 48.9 Å². The number of thioether (sulfide) groups is 1. The predicted molar refractivity (Wildman–Crippen MR) is 111 cm³/mol. The van der Waals surface area contributed by atoms with Crippen LogP contribution in [0, 0.1) is 12.8 Å². The fourth-order valence-electron chi connectivity index (χ4n) is 3.55. The lowest BCUT2D eigenvalue weighted by Gasteiger charge is -2.26. The van der Waals surface area contributed by atoms with E-state index in [4.69, 9.17) is 0 Å². The second-order valence-electron chi connectivity index (χ2n) is 7.31. The maximum atomic E-state index is 12.7. The van der Waals surface area contributed by atoms with E-state index in [1.807, 2.05) is 13.8 Å². The lowest BCUT2D eigenvalue weighted by Crippen LogP contribution is -2.43. The van der Waals surface area contributed by atoms with Gasteiger partial charge in [-0.15, -0.1) is 0 Å². The molecule has 7 heteroatoms. The topological polar surface area (TPSA) is 67.2 Å². The molecule has 6 nitrogen and oxygen atoms in total. The van der Waals surface area contributed by atoms with Crippen molar-refractivity contribution in [2.45, 2.75) is 71.6 Å². The molecule has 0 radical (unpaired) electrons. The third-order valence-electron chi connectivity index (χ3n) is 5.37. The van der Waals surface area contributed by atoms with Crippen LogP contribution < -0.4 is 10.9 Å². The minimum Gasteiger partial charge on any atom is -0.353 e. The van der Waals surface area contributed by atoms with Gasteiger partial charge in [0.15, 0.2) is 5.16 Å². The third kappa shape index (κ3) is 5.57. The number of nitrogens with zero attached hydrogens (tertiary/aromatic N) is 3. The summed E-state index contributed by atoms with van der Waals surface area (Å²) in [7, 11) is 0. The molecule has 0 bridgehead atoms. The molecule has 0 aliphatic carbocycles. The van der Waals surface area contributed by atoms with Crippen LogP contribution in [0.2, 0.25) is 0 Å². The summed E-state index contributed by atoms with van der Waals surface area (Å²) in [6.07, 6.45) is 2.72. The molecule has 0 fully saturated rings. The van der Waals surface area contributed by atoms with Crippen molar-refractivity contribution >= 4 is 17.7 Å². The van der Waals surface area contributed by atoms with Gasteiger partial charge >= 0.3 is 0 Å². The number of carbonyl (C=O) groups is 1. The fraction of sp³-hybridized carbons (Fsp3) is 0.750. The monoisotopic (exact) mass is 394 g/mol. The molecule has 1 aliphatic heterocycles. The Bertz CT molecular complexity index is 700. The normalized spacial score (nSPS) is 17.6. The number of fused-ring (bicyclic) bond motifs is 1. The molecule has 0 aromatic carbocycles. The van der Waals surface area contributed by atoms with Crippen molar-refractivity contribution < 1.29 is 4.79 Å². The molecule has 152 valence electrons. The number of carbonyl (C=O) groups excluding carboxylic acids is 1. The highest BCUT2D eigenvalue weighted by molar-refractivity contribution is 7.99. The highest BCUT2D eigenvalue weighted by Crippen LogP contribution is 2.26. The molecule has 0 spiro atoms. The largest absolute Gasteiger partial charge is 0.353 e. The molecule has 0 saturated carbocycles. The van der Waals surface area contributed by atoms with Gasteiger partial charge in [-0.2, -0.15) is 0 Å². The van der Waals surface area contributed by atoms with Crippen LogP contribution in [0.5, 0.6) is 0 Å². The Hall–Kier alpha value is -1.34. The smallest absolute Gasteiger partial charge is 0.257 e. The molecule has 0 saturated heterocycles. The number of amides is 1. The molecule has 1 aliphatic rings. The molecular weight excluding hydrogens is 360 g/mol. The zero-order valence-electron chi connectivity index (χ0n) is 17.4. The zero-order valence-corrected chi connectivity index (χ0v) is 18.2. The first kappa shape index (κ1) is 22.0. The molecule has 2 rings (SSSR count). The van der Waals surface area contributed by atoms with Gasteiger partial charge in [-0.05, 0) is 52.7 Å². The minimum absolute atomic E-state index is 0.0114. The van der Waals surface area contributed by atoms with Crippen molar-refractivity contribution in [3.05, 3.63) is 21.6 Å². The van der Waals surface area contributed by atoms with Crippen LogP contribution in [0.4, 0.5) is 0 Å². The summed E-state index contributed by atoms with van der Waals surface area (Å²) in [6.45, 7) is 13.9. The second-order valence-corrected chi connectivity index (χ2v) is 8.30. The van der Waals surface area contributed by atoms with Gasteiger partial charge in [0.25, 0.3) is 5.56 Å². The van der Waals surface area contributed by atoms with E-state index in [2.05, 4.69) is 36.0 Å². The summed E-state index contributed by atoms with van der Waals surface area (Å²) in [6, 6.07) is 0.151. The number of nitrogens with one attached hydrogen (secondary N) is 1. The van der Waals surface area contributed by atoms with Gasteiger partial charge in [-0.3, -0.25) is 14.2 Å². The summed E-state index contributed by atoms with van der Waals surface area (Å²) in [5.41, 5.74) is 1.58. The van der Waals surface area contributed by atoms with Gasteiger partial charge in [0, 0.05) is 29.6 Å². The third-order valence-corrected chi connectivity index (χ3v) is 6.51. The number of hydrogen-bond acceptors (Lipinski definition) is 5. The molecule has 1 aromatic heterocycles. The van der Waals surface area contributed by atoms with Gasteiger partial charge in [0.1, 0.15) is 0 Å². The van der Waals surface area contributed by atoms with E-state index < -0.39 is 0 Å². The summed E-state index contributed by atoms with van der Waals surface area (Å²) in [4.78, 5) is 32.3. The Labute approximate surface area is 167 Å². The first-order valence-corrected chi connectivity index (χ1v) is 11.2. The quantitative estimate of drug-likeness (QED) is 0.652. The summed E-state index contributed by atoms with van der Waals surface area (Å²) in [5.74, 6) is 0.545. The number of aromatic nitrogens is 2. The van der Waals surface area contributed by atoms with Crippen molar-refractivity contribution in [2.24, 2.45) is 5.92 Å². The zero-order chi connectivity index (χ0) is 20.0. The Morgan fingerprint density at radius 1 is 1.37 bits per heavy atom. The second kappa shape index (κ2) is 10.3. The van der Waals surface area contributed by atoms with Crippen LogP contribution in [0.1, 0.15) is 51.8 Å². The lowest BCUT2D eigenvalue weighted by molar-refractivity contribution is -0.125. The van der Waals surface area contributed by atoms with Gasteiger partial charge < -0.3 is 10.2 Å². The molecule has 27 heavy (non-hydrogen) atoms. The van der Waals surface area contributed by atoms with E-state index in [9.17, 15) is 9.59 Å². The van der Waals surface area contributed by atoms with Crippen LogP contribution in [-0.4, -0.2) is 51.8 Å². The van der Waals surface area contributed by atoms with Crippen LogP contribution in [0.15, 0.2) is 9.95 Å². The van der Waals surface area contributed by atoms with Crippen LogP contribution >= 0.6 is 11.8 Å². The average Bonchev–Trinajstić information content (AvgIpc) is 2.65. The first-order valence-electron chi connectivity index (χ1n) is 10.2. The average molecular weight is 395 g/mol. The summed E-state index contributed by atoms with van der Waals surface area (Å²) in [5, 5.41) is 3.88. The van der Waals surface area contributed by atoms with Crippen molar-refractivity contribution in [3.63, 3.8) is 0 Å². The Morgan fingerprint density at radius 2 is 2.07 bits per heavy atom. The standard InChI is InChI=1S/C20H34N4O2S/c1-6-17-15(5)22-20-24(19(17)26)12-16(13-27-20)18(25)21-14(4)10-9-11-23(7-2)8-3/h14,16H,6-13H2,1-5H3,(H,21,25). The maximum absolute atomic E-state index is 12.7. The molecule has 1 N–H and O–H groups in total. The van der Waals surface area contributed by atoms with Crippen molar-refractivity contribution in [1.29, 1.82) is 0 Å². The van der Waals surface area contributed by atoms with Crippen molar-refractivity contribution in [1.82, 2.24) is 19.8 Å². The van der Waals surface area contributed by atoms with Crippen LogP contribution in [-0.2, 0) is 17.8 Å². The maximum Gasteiger partial charge on any atom is 0.257 e. The van der Waals surface area contributed by atoms with Crippen molar-refractivity contribution in [3.8, 4) is 0 Å². The van der Waals surface area contributed by atoms with Crippen molar-refractivity contribution in [2.75, 3.05) is 25.4 Å². The van der Waals surface area contributed by atoms with Crippen LogP contribution in [0.3, 0.4) is 0 Å². The highest BCUT2D eigenvalue weighted by Gasteiger charge is 2.28.